The van der Waals surface area contributed by atoms with Crippen molar-refractivity contribution in [3.8, 4) is 0 Å². The van der Waals surface area contributed by atoms with Crippen molar-refractivity contribution in [3.05, 3.63) is 48.0 Å². The lowest BCUT2D eigenvalue weighted by Gasteiger charge is -2.12. The Morgan fingerprint density at radius 3 is 2.39 bits per heavy atom. The summed E-state index contributed by atoms with van der Waals surface area (Å²) in [5, 5.41) is 11.5. The van der Waals surface area contributed by atoms with Gasteiger partial charge in [-0.15, -0.1) is 0 Å². The second-order valence-corrected chi connectivity index (χ2v) is 5.36. The molecule has 0 spiro atoms. The Labute approximate surface area is 132 Å². The van der Waals surface area contributed by atoms with Crippen molar-refractivity contribution < 1.29 is 14.7 Å². The van der Waals surface area contributed by atoms with Crippen LogP contribution in [0.25, 0.3) is 22.1 Å². The third kappa shape index (κ3) is 3.11. The highest BCUT2D eigenvalue weighted by Crippen LogP contribution is 2.19. The number of carbonyl (C=O) groups is 2. The van der Waals surface area contributed by atoms with Gasteiger partial charge in [-0.1, -0.05) is 18.2 Å². The summed E-state index contributed by atoms with van der Waals surface area (Å²) in [5.41, 5.74) is 2.99. The molecule has 1 aromatic heterocycles. The zero-order chi connectivity index (χ0) is 16.4. The molecule has 0 fully saturated rings. The molecule has 0 aliphatic rings. The number of hydrogen-bond donors (Lipinski definition) is 2. The minimum Gasteiger partial charge on any atom is -0.481 e. The SMILES string of the molecule is CC(CC(=O)O)NC(=O)c1cccc2nc3ccccc3nc12. The van der Waals surface area contributed by atoms with E-state index in [1.165, 1.54) is 0 Å². The van der Waals surface area contributed by atoms with Gasteiger partial charge in [0.25, 0.3) is 5.91 Å². The molecule has 23 heavy (non-hydrogen) atoms. The summed E-state index contributed by atoms with van der Waals surface area (Å²) in [6.45, 7) is 1.65. The van der Waals surface area contributed by atoms with E-state index < -0.39 is 12.0 Å². The van der Waals surface area contributed by atoms with Gasteiger partial charge in [0.15, 0.2) is 0 Å². The zero-order valence-corrected chi connectivity index (χ0v) is 12.5. The molecule has 1 unspecified atom stereocenters. The van der Waals surface area contributed by atoms with Crippen LogP contribution in [0.3, 0.4) is 0 Å². The number of carboxylic acid groups (broad SMARTS) is 1. The van der Waals surface area contributed by atoms with E-state index in [9.17, 15) is 9.59 Å². The number of carboxylic acids is 1. The second kappa shape index (κ2) is 6.00. The molecule has 3 rings (SSSR count). The third-order valence-electron chi connectivity index (χ3n) is 3.47. The number of nitrogens with one attached hydrogen (secondary N) is 1. The average Bonchev–Trinajstić information content (AvgIpc) is 2.51. The normalized spacial score (nSPS) is 12.2. The predicted octanol–water partition coefficient (Wildman–Crippen LogP) is 2.38. The van der Waals surface area contributed by atoms with E-state index in [4.69, 9.17) is 5.11 Å². The maximum absolute atomic E-state index is 12.4. The first-order valence-corrected chi connectivity index (χ1v) is 7.23. The van der Waals surface area contributed by atoms with Gasteiger partial charge >= 0.3 is 5.97 Å². The third-order valence-corrected chi connectivity index (χ3v) is 3.47. The van der Waals surface area contributed by atoms with Crippen LogP contribution in [-0.4, -0.2) is 33.0 Å². The van der Waals surface area contributed by atoms with E-state index in [-0.39, 0.29) is 12.3 Å². The fourth-order valence-corrected chi connectivity index (χ4v) is 2.44. The highest BCUT2D eigenvalue weighted by molar-refractivity contribution is 6.06. The molecule has 1 atom stereocenters. The number of carbonyl (C=O) groups excluding carboxylic acids is 1. The molecule has 0 saturated carbocycles. The van der Waals surface area contributed by atoms with Gasteiger partial charge in [-0.05, 0) is 31.2 Å². The average molecular weight is 309 g/mol. The molecule has 0 bridgehead atoms. The molecule has 6 heteroatoms. The number of aromatic nitrogens is 2. The van der Waals surface area contributed by atoms with Crippen LogP contribution >= 0.6 is 0 Å². The van der Waals surface area contributed by atoms with Crippen molar-refractivity contribution in [2.45, 2.75) is 19.4 Å². The maximum Gasteiger partial charge on any atom is 0.305 e. The van der Waals surface area contributed by atoms with E-state index >= 15 is 0 Å². The highest BCUT2D eigenvalue weighted by atomic mass is 16.4. The standard InChI is InChI=1S/C17H15N3O3/c1-10(9-15(21)22)18-17(23)11-5-4-8-14-16(11)20-13-7-3-2-6-12(13)19-14/h2-8,10H,9H2,1H3,(H,18,23)(H,21,22). The largest absolute Gasteiger partial charge is 0.481 e. The molecular weight excluding hydrogens is 294 g/mol. The van der Waals surface area contributed by atoms with Crippen molar-refractivity contribution in [2.75, 3.05) is 0 Å². The van der Waals surface area contributed by atoms with E-state index in [0.717, 1.165) is 5.52 Å². The molecule has 1 heterocycles. The number of aliphatic carboxylic acids is 1. The summed E-state index contributed by atoms with van der Waals surface area (Å²) in [4.78, 5) is 32.2. The molecule has 3 aromatic rings. The quantitative estimate of drug-likeness (QED) is 0.722. The van der Waals surface area contributed by atoms with Gasteiger partial charge in [0.1, 0.15) is 5.52 Å². The van der Waals surface area contributed by atoms with Gasteiger partial charge in [0, 0.05) is 6.04 Å². The first-order chi connectivity index (χ1) is 11.0. The lowest BCUT2D eigenvalue weighted by atomic mass is 10.1. The van der Waals surface area contributed by atoms with Gasteiger partial charge in [0.2, 0.25) is 0 Å². The van der Waals surface area contributed by atoms with Gasteiger partial charge in [-0.3, -0.25) is 9.59 Å². The topological polar surface area (TPSA) is 92.2 Å². The lowest BCUT2D eigenvalue weighted by molar-refractivity contribution is -0.137. The Balaban J connectivity index is 2.01. The fourth-order valence-electron chi connectivity index (χ4n) is 2.44. The van der Waals surface area contributed by atoms with Gasteiger partial charge in [-0.25, -0.2) is 9.97 Å². The van der Waals surface area contributed by atoms with Crippen LogP contribution in [0.1, 0.15) is 23.7 Å². The smallest absolute Gasteiger partial charge is 0.305 e. The van der Waals surface area contributed by atoms with Crippen LogP contribution < -0.4 is 5.32 Å². The Kier molecular flexibility index (Phi) is 3.89. The number of amides is 1. The van der Waals surface area contributed by atoms with Gasteiger partial charge in [0.05, 0.1) is 28.5 Å². The summed E-state index contributed by atoms with van der Waals surface area (Å²) in [7, 11) is 0. The molecule has 0 radical (unpaired) electrons. The van der Waals surface area contributed by atoms with E-state index in [0.29, 0.717) is 22.1 Å². The Morgan fingerprint density at radius 2 is 1.70 bits per heavy atom. The second-order valence-electron chi connectivity index (χ2n) is 5.36. The van der Waals surface area contributed by atoms with Crippen molar-refractivity contribution >= 4 is 33.9 Å². The number of hydrogen-bond acceptors (Lipinski definition) is 4. The van der Waals surface area contributed by atoms with Crippen LogP contribution in [0.2, 0.25) is 0 Å². The summed E-state index contributed by atoms with van der Waals surface area (Å²) in [6, 6.07) is 12.2. The van der Waals surface area contributed by atoms with Crippen molar-refractivity contribution in [1.29, 1.82) is 0 Å². The number of nitrogens with zero attached hydrogens (tertiary/aromatic N) is 2. The van der Waals surface area contributed by atoms with Crippen LogP contribution in [0.5, 0.6) is 0 Å². The molecule has 116 valence electrons. The van der Waals surface area contributed by atoms with Crippen molar-refractivity contribution in [1.82, 2.24) is 15.3 Å². The molecule has 0 aliphatic heterocycles. The number of rotatable bonds is 4. The molecule has 0 aliphatic carbocycles. The number of benzene rings is 2. The van der Waals surface area contributed by atoms with Crippen LogP contribution in [0, 0.1) is 0 Å². The van der Waals surface area contributed by atoms with Crippen LogP contribution in [0.4, 0.5) is 0 Å². The Morgan fingerprint density at radius 1 is 1.04 bits per heavy atom. The van der Waals surface area contributed by atoms with Gasteiger partial charge < -0.3 is 10.4 Å². The molecule has 2 aromatic carbocycles. The first kappa shape index (κ1) is 14.9. The molecule has 0 saturated heterocycles. The summed E-state index contributed by atoms with van der Waals surface area (Å²) >= 11 is 0. The minimum atomic E-state index is -0.957. The predicted molar refractivity (Wildman–Crippen MR) is 86.2 cm³/mol. The zero-order valence-electron chi connectivity index (χ0n) is 12.5. The molecular formula is C17H15N3O3. The fraction of sp³-hybridized carbons (Fsp3) is 0.176. The first-order valence-electron chi connectivity index (χ1n) is 7.23. The monoisotopic (exact) mass is 309 g/mol. The van der Waals surface area contributed by atoms with Crippen LogP contribution in [0.15, 0.2) is 42.5 Å². The maximum atomic E-state index is 12.4. The summed E-state index contributed by atoms with van der Waals surface area (Å²) in [5.74, 6) is -1.31. The summed E-state index contributed by atoms with van der Waals surface area (Å²) in [6.07, 6.45) is -0.134. The minimum absolute atomic E-state index is 0.134. The molecule has 6 nitrogen and oxygen atoms in total. The summed E-state index contributed by atoms with van der Waals surface area (Å²) < 4.78 is 0. The van der Waals surface area contributed by atoms with E-state index in [2.05, 4.69) is 15.3 Å². The Hall–Kier alpha value is -3.02. The van der Waals surface area contributed by atoms with Crippen molar-refractivity contribution in [3.63, 3.8) is 0 Å². The molecule has 2 N–H and O–H groups in total. The van der Waals surface area contributed by atoms with Crippen LogP contribution in [-0.2, 0) is 4.79 Å². The molecule has 1 amide bonds. The van der Waals surface area contributed by atoms with Crippen molar-refractivity contribution in [2.24, 2.45) is 0 Å². The van der Waals surface area contributed by atoms with E-state index in [1.54, 1.807) is 25.1 Å². The van der Waals surface area contributed by atoms with Gasteiger partial charge in [-0.2, -0.15) is 0 Å². The number of para-hydroxylation sites is 3. The lowest BCUT2D eigenvalue weighted by Crippen LogP contribution is -2.34. The van der Waals surface area contributed by atoms with E-state index in [1.807, 2.05) is 24.3 Å². The number of fused-ring (bicyclic) bond motifs is 2. The Bertz CT molecular complexity index is 908. The highest BCUT2D eigenvalue weighted by Gasteiger charge is 2.16.